The van der Waals surface area contributed by atoms with Crippen LogP contribution in [0.4, 0.5) is 17.5 Å². The van der Waals surface area contributed by atoms with Crippen molar-refractivity contribution in [3.8, 4) is 0 Å². The van der Waals surface area contributed by atoms with Gasteiger partial charge in [-0.25, -0.2) is 4.98 Å². The maximum Gasteiger partial charge on any atom is 0.247 e. The lowest BCUT2D eigenvalue weighted by molar-refractivity contribution is -0.123. The first-order chi connectivity index (χ1) is 13.2. The molecule has 0 spiro atoms. The highest BCUT2D eigenvalue weighted by Crippen LogP contribution is 2.28. The number of amides is 1. The van der Waals surface area contributed by atoms with E-state index in [1.807, 2.05) is 72.5 Å². The summed E-state index contributed by atoms with van der Waals surface area (Å²) < 4.78 is 0. The van der Waals surface area contributed by atoms with E-state index in [4.69, 9.17) is 0 Å². The SMILES string of the molecule is Cc1cccc(Nc2nccc(N3CCNC(=O)C3c3ccccc3)n2)c1. The summed E-state index contributed by atoms with van der Waals surface area (Å²) >= 11 is 0. The number of aromatic nitrogens is 2. The van der Waals surface area contributed by atoms with E-state index in [1.54, 1.807) is 6.20 Å². The van der Waals surface area contributed by atoms with Crippen molar-refractivity contribution < 1.29 is 4.79 Å². The lowest BCUT2D eigenvalue weighted by atomic mass is 10.0. The van der Waals surface area contributed by atoms with Crippen LogP contribution < -0.4 is 15.5 Å². The van der Waals surface area contributed by atoms with Crippen molar-refractivity contribution in [2.24, 2.45) is 0 Å². The minimum absolute atomic E-state index is 0.0146. The number of nitrogens with one attached hydrogen (secondary N) is 2. The van der Waals surface area contributed by atoms with E-state index in [0.717, 1.165) is 22.6 Å². The van der Waals surface area contributed by atoms with Gasteiger partial charge in [0.1, 0.15) is 11.9 Å². The minimum Gasteiger partial charge on any atom is -0.352 e. The summed E-state index contributed by atoms with van der Waals surface area (Å²) in [6.07, 6.45) is 1.72. The summed E-state index contributed by atoms with van der Waals surface area (Å²) in [5, 5.41) is 6.19. The average molecular weight is 359 g/mol. The van der Waals surface area contributed by atoms with Gasteiger partial charge in [0.25, 0.3) is 0 Å². The van der Waals surface area contributed by atoms with Crippen molar-refractivity contribution in [1.29, 1.82) is 0 Å². The first kappa shape index (κ1) is 17.0. The summed E-state index contributed by atoms with van der Waals surface area (Å²) in [5.74, 6) is 1.22. The maximum atomic E-state index is 12.6. The normalized spacial score (nSPS) is 16.7. The molecule has 1 aliphatic rings. The number of carbonyl (C=O) groups excluding carboxylic acids is 1. The van der Waals surface area contributed by atoms with Gasteiger partial charge in [0.15, 0.2) is 0 Å². The zero-order valence-corrected chi connectivity index (χ0v) is 15.1. The van der Waals surface area contributed by atoms with Gasteiger partial charge in [-0.2, -0.15) is 4.98 Å². The zero-order chi connectivity index (χ0) is 18.6. The Morgan fingerprint density at radius 1 is 1.11 bits per heavy atom. The highest BCUT2D eigenvalue weighted by molar-refractivity contribution is 5.87. The molecule has 136 valence electrons. The molecule has 2 N–H and O–H groups in total. The van der Waals surface area contributed by atoms with E-state index in [0.29, 0.717) is 19.0 Å². The van der Waals surface area contributed by atoms with Gasteiger partial charge >= 0.3 is 0 Å². The quantitative estimate of drug-likeness (QED) is 0.749. The molecule has 1 fully saturated rings. The molecule has 1 unspecified atom stereocenters. The Morgan fingerprint density at radius 2 is 1.96 bits per heavy atom. The van der Waals surface area contributed by atoms with Crippen LogP contribution in [0.5, 0.6) is 0 Å². The van der Waals surface area contributed by atoms with Gasteiger partial charge in [-0.05, 0) is 36.2 Å². The van der Waals surface area contributed by atoms with Crippen LogP contribution in [0.3, 0.4) is 0 Å². The second-order valence-corrected chi connectivity index (χ2v) is 6.53. The standard InChI is InChI=1S/C21H21N5O/c1-15-6-5-9-17(14-15)24-21-23-11-10-18(25-21)26-13-12-22-20(27)19(26)16-7-3-2-4-8-16/h2-11,14,19H,12-13H2,1H3,(H,22,27)(H,23,24,25). The Bertz CT molecular complexity index is 944. The molecule has 6 nitrogen and oxygen atoms in total. The number of hydrogen-bond donors (Lipinski definition) is 2. The Balaban J connectivity index is 1.64. The lowest BCUT2D eigenvalue weighted by Crippen LogP contribution is -2.50. The molecule has 0 aliphatic carbocycles. The Morgan fingerprint density at radius 3 is 2.78 bits per heavy atom. The van der Waals surface area contributed by atoms with Gasteiger partial charge in [0.2, 0.25) is 11.9 Å². The Labute approximate surface area is 158 Å². The third-order valence-corrected chi connectivity index (χ3v) is 4.54. The Hall–Kier alpha value is -3.41. The van der Waals surface area contributed by atoms with Crippen LogP contribution in [0.25, 0.3) is 0 Å². The summed E-state index contributed by atoms with van der Waals surface area (Å²) in [7, 11) is 0. The molecular weight excluding hydrogens is 338 g/mol. The minimum atomic E-state index is -0.401. The van der Waals surface area contributed by atoms with Gasteiger partial charge in [0, 0.05) is 25.0 Å². The molecular formula is C21H21N5O. The predicted octanol–water partition coefficient (Wildman–Crippen LogP) is 3.21. The van der Waals surface area contributed by atoms with Crippen molar-refractivity contribution in [2.45, 2.75) is 13.0 Å². The van der Waals surface area contributed by atoms with E-state index in [1.165, 1.54) is 0 Å². The van der Waals surface area contributed by atoms with Crippen LogP contribution >= 0.6 is 0 Å². The van der Waals surface area contributed by atoms with E-state index in [-0.39, 0.29) is 5.91 Å². The summed E-state index contributed by atoms with van der Waals surface area (Å²) in [6, 6.07) is 19.3. The summed E-state index contributed by atoms with van der Waals surface area (Å²) in [5.41, 5.74) is 3.04. The van der Waals surface area contributed by atoms with Gasteiger partial charge in [-0.15, -0.1) is 0 Å². The number of aryl methyl sites for hydroxylation is 1. The van der Waals surface area contributed by atoms with Crippen molar-refractivity contribution in [1.82, 2.24) is 15.3 Å². The fourth-order valence-electron chi connectivity index (χ4n) is 3.30. The van der Waals surface area contributed by atoms with Gasteiger partial charge in [-0.1, -0.05) is 42.5 Å². The molecule has 4 rings (SSSR count). The predicted molar refractivity (Wildman–Crippen MR) is 106 cm³/mol. The maximum absolute atomic E-state index is 12.6. The number of hydrogen-bond acceptors (Lipinski definition) is 5. The third-order valence-electron chi connectivity index (χ3n) is 4.54. The fraction of sp³-hybridized carbons (Fsp3) is 0.190. The van der Waals surface area contributed by atoms with Crippen LogP contribution in [-0.4, -0.2) is 29.0 Å². The monoisotopic (exact) mass is 359 g/mol. The molecule has 27 heavy (non-hydrogen) atoms. The Kier molecular flexibility index (Phi) is 4.70. The smallest absolute Gasteiger partial charge is 0.247 e. The molecule has 0 bridgehead atoms. The molecule has 2 aromatic carbocycles. The average Bonchev–Trinajstić information content (AvgIpc) is 2.69. The number of benzene rings is 2. The van der Waals surface area contributed by atoms with Gasteiger partial charge in [-0.3, -0.25) is 4.79 Å². The van der Waals surface area contributed by atoms with Crippen LogP contribution in [0.2, 0.25) is 0 Å². The number of carbonyl (C=O) groups is 1. The van der Waals surface area contributed by atoms with E-state index >= 15 is 0 Å². The molecule has 3 aromatic rings. The van der Waals surface area contributed by atoms with E-state index < -0.39 is 6.04 Å². The summed E-state index contributed by atoms with van der Waals surface area (Å²) in [4.78, 5) is 23.6. The molecule has 0 saturated carbocycles. The van der Waals surface area contributed by atoms with Crippen LogP contribution in [-0.2, 0) is 4.79 Å². The lowest BCUT2D eigenvalue weighted by Gasteiger charge is -2.36. The first-order valence-electron chi connectivity index (χ1n) is 8.97. The highest BCUT2D eigenvalue weighted by atomic mass is 16.2. The van der Waals surface area contributed by atoms with Gasteiger partial charge in [0.05, 0.1) is 0 Å². The molecule has 1 amide bonds. The van der Waals surface area contributed by atoms with Crippen LogP contribution in [0.15, 0.2) is 66.9 Å². The second-order valence-electron chi connectivity index (χ2n) is 6.53. The van der Waals surface area contributed by atoms with Crippen molar-refractivity contribution >= 4 is 23.4 Å². The number of rotatable bonds is 4. The topological polar surface area (TPSA) is 70.2 Å². The van der Waals surface area contributed by atoms with Gasteiger partial charge < -0.3 is 15.5 Å². The molecule has 1 atom stereocenters. The molecule has 2 heterocycles. The van der Waals surface area contributed by atoms with Crippen LogP contribution in [0.1, 0.15) is 17.2 Å². The van der Waals surface area contributed by atoms with Crippen molar-refractivity contribution in [3.63, 3.8) is 0 Å². The number of nitrogens with zero attached hydrogens (tertiary/aromatic N) is 3. The fourth-order valence-corrected chi connectivity index (χ4v) is 3.30. The molecule has 6 heteroatoms. The van der Waals surface area contributed by atoms with E-state index in [9.17, 15) is 4.79 Å². The summed E-state index contributed by atoms with van der Waals surface area (Å²) in [6.45, 7) is 3.32. The van der Waals surface area contributed by atoms with E-state index in [2.05, 4.69) is 20.6 Å². The van der Waals surface area contributed by atoms with Crippen LogP contribution in [0, 0.1) is 6.92 Å². The van der Waals surface area contributed by atoms with Crippen molar-refractivity contribution in [2.75, 3.05) is 23.3 Å². The molecule has 1 aromatic heterocycles. The number of piperazine rings is 1. The van der Waals surface area contributed by atoms with Crippen molar-refractivity contribution in [3.05, 3.63) is 78.0 Å². The molecule has 0 radical (unpaired) electrons. The second kappa shape index (κ2) is 7.45. The number of anilines is 3. The zero-order valence-electron chi connectivity index (χ0n) is 15.1. The molecule has 1 saturated heterocycles. The third kappa shape index (κ3) is 3.74. The largest absolute Gasteiger partial charge is 0.352 e. The highest BCUT2D eigenvalue weighted by Gasteiger charge is 2.32. The first-order valence-corrected chi connectivity index (χ1v) is 8.97. The molecule has 1 aliphatic heterocycles.